The molecular weight excluding hydrogens is 228 g/mol. The zero-order chi connectivity index (χ0) is 13.0. The average Bonchev–Trinajstić information content (AvgIpc) is 2.32. The zero-order valence-corrected chi connectivity index (χ0v) is 10.7. The van der Waals surface area contributed by atoms with Crippen LogP contribution in [0, 0.1) is 5.92 Å². The summed E-state index contributed by atoms with van der Waals surface area (Å²) >= 11 is 0. The van der Waals surface area contributed by atoms with Crippen LogP contribution in [0.4, 0.5) is 0 Å². The molecule has 1 saturated carbocycles. The largest absolute Gasteiger partial charge is 0.374 e. The highest BCUT2D eigenvalue weighted by molar-refractivity contribution is 5.92. The molecule has 1 aromatic carbocycles. The quantitative estimate of drug-likeness (QED) is 0.797. The van der Waals surface area contributed by atoms with Gasteiger partial charge in [0.25, 0.3) is 0 Å². The van der Waals surface area contributed by atoms with Crippen molar-refractivity contribution in [2.24, 2.45) is 11.7 Å². The maximum atomic E-state index is 11.0. The van der Waals surface area contributed by atoms with E-state index < -0.39 is 5.91 Å². The number of ether oxygens (including phenoxy) is 1. The zero-order valence-electron chi connectivity index (χ0n) is 10.7. The number of primary amides is 1. The summed E-state index contributed by atoms with van der Waals surface area (Å²) in [7, 11) is 1.98. The molecule has 0 radical (unpaired) electrons. The Balaban J connectivity index is 1.77. The smallest absolute Gasteiger partial charge is 0.248 e. The molecule has 2 rings (SSSR count). The van der Waals surface area contributed by atoms with Crippen molar-refractivity contribution in [3.05, 3.63) is 35.4 Å². The Labute approximate surface area is 108 Å². The van der Waals surface area contributed by atoms with E-state index in [-0.39, 0.29) is 0 Å². The molecule has 0 unspecified atom stereocenters. The Morgan fingerprint density at radius 1 is 1.50 bits per heavy atom. The topological polar surface area (TPSA) is 64.3 Å². The number of benzene rings is 1. The van der Waals surface area contributed by atoms with E-state index in [1.54, 1.807) is 12.1 Å². The first-order valence-electron chi connectivity index (χ1n) is 6.34. The maximum Gasteiger partial charge on any atom is 0.248 e. The first-order chi connectivity index (χ1) is 8.69. The normalized spacial score (nSPS) is 22.5. The van der Waals surface area contributed by atoms with Crippen LogP contribution in [0.5, 0.6) is 0 Å². The highest BCUT2D eigenvalue weighted by Gasteiger charge is 2.28. The molecule has 0 atom stereocenters. The predicted octanol–water partition coefficient (Wildman–Crippen LogP) is 1.30. The van der Waals surface area contributed by atoms with Gasteiger partial charge in [-0.1, -0.05) is 12.1 Å². The lowest BCUT2D eigenvalue weighted by Crippen LogP contribution is -2.36. The lowest BCUT2D eigenvalue weighted by Gasteiger charge is -2.35. The molecule has 1 aliphatic carbocycles. The van der Waals surface area contributed by atoms with Crippen molar-refractivity contribution in [1.29, 1.82) is 0 Å². The highest BCUT2D eigenvalue weighted by atomic mass is 16.5. The maximum absolute atomic E-state index is 11.0. The second-order valence-corrected chi connectivity index (χ2v) is 4.89. The number of rotatable bonds is 6. The van der Waals surface area contributed by atoms with Gasteiger partial charge in [0.15, 0.2) is 0 Å². The summed E-state index contributed by atoms with van der Waals surface area (Å²) in [6, 6.07) is 7.31. The highest BCUT2D eigenvalue weighted by Crippen LogP contribution is 2.30. The van der Waals surface area contributed by atoms with Crippen molar-refractivity contribution in [3.8, 4) is 0 Å². The fourth-order valence-electron chi connectivity index (χ4n) is 2.29. The molecule has 0 bridgehead atoms. The minimum Gasteiger partial charge on any atom is -0.374 e. The third-order valence-corrected chi connectivity index (χ3v) is 3.38. The fourth-order valence-corrected chi connectivity index (χ4v) is 2.29. The lowest BCUT2D eigenvalue weighted by molar-refractivity contribution is -0.0391. The minimum absolute atomic E-state index is 0.362. The van der Waals surface area contributed by atoms with Crippen LogP contribution in [0.25, 0.3) is 0 Å². The van der Waals surface area contributed by atoms with Gasteiger partial charge in [-0.3, -0.25) is 4.79 Å². The summed E-state index contributed by atoms with van der Waals surface area (Å²) < 4.78 is 5.80. The molecular formula is C14H20N2O2. The van der Waals surface area contributed by atoms with Gasteiger partial charge in [-0.25, -0.2) is 0 Å². The van der Waals surface area contributed by atoms with Gasteiger partial charge in [-0.05, 0) is 50.0 Å². The fraction of sp³-hybridized carbons (Fsp3) is 0.500. The molecule has 3 N–H and O–H groups in total. The SMILES string of the molecule is CNCC1CC(OCc2cccc(C(N)=O)c2)C1. The van der Waals surface area contributed by atoms with Crippen LogP contribution in [0.1, 0.15) is 28.8 Å². The third-order valence-electron chi connectivity index (χ3n) is 3.38. The molecule has 1 aromatic rings. The summed E-state index contributed by atoms with van der Waals surface area (Å²) in [6.07, 6.45) is 2.60. The van der Waals surface area contributed by atoms with E-state index in [0.29, 0.717) is 18.3 Å². The second kappa shape index (κ2) is 5.98. The molecule has 1 amide bonds. The summed E-state index contributed by atoms with van der Waals surface area (Å²) in [5.74, 6) is 0.353. The molecule has 4 heteroatoms. The Morgan fingerprint density at radius 3 is 2.94 bits per heavy atom. The van der Waals surface area contributed by atoms with Gasteiger partial charge in [-0.15, -0.1) is 0 Å². The third kappa shape index (κ3) is 3.31. The van der Waals surface area contributed by atoms with E-state index in [9.17, 15) is 4.79 Å². The summed E-state index contributed by atoms with van der Waals surface area (Å²) in [5, 5.41) is 3.18. The Bertz CT molecular complexity index is 414. The first kappa shape index (κ1) is 13.1. The van der Waals surface area contributed by atoms with Gasteiger partial charge in [-0.2, -0.15) is 0 Å². The molecule has 1 aliphatic rings. The molecule has 0 saturated heterocycles. The molecule has 1 fully saturated rings. The number of amides is 1. The van der Waals surface area contributed by atoms with E-state index in [2.05, 4.69) is 5.32 Å². The van der Waals surface area contributed by atoms with Gasteiger partial charge in [0.05, 0.1) is 12.7 Å². The van der Waals surface area contributed by atoms with Crippen LogP contribution in [0.15, 0.2) is 24.3 Å². The van der Waals surface area contributed by atoms with Crippen LogP contribution >= 0.6 is 0 Å². The second-order valence-electron chi connectivity index (χ2n) is 4.89. The minimum atomic E-state index is -0.394. The molecule has 0 heterocycles. The molecule has 98 valence electrons. The van der Waals surface area contributed by atoms with Crippen molar-refractivity contribution in [2.45, 2.75) is 25.6 Å². The van der Waals surface area contributed by atoms with E-state index in [0.717, 1.165) is 30.9 Å². The molecule has 0 spiro atoms. The number of nitrogens with one attached hydrogen (secondary N) is 1. The van der Waals surface area contributed by atoms with Gasteiger partial charge in [0, 0.05) is 5.56 Å². The summed E-state index contributed by atoms with van der Waals surface area (Å²) in [6.45, 7) is 1.62. The van der Waals surface area contributed by atoms with Crippen molar-refractivity contribution < 1.29 is 9.53 Å². The standard InChI is InChI=1S/C14H20N2O2/c1-16-8-11-6-13(7-11)18-9-10-3-2-4-12(5-10)14(15)17/h2-5,11,13,16H,6-9H2,1H3,(H2,15,17). The van der Waals surface area contributed by atoms with Gasteiger partial charge < -0.3 is 15.8 Å². The van der Waals surface area contributed by atoms with Crippen molar-refractivity contribution >= 4 is 5.91 Å². The van der Waals surface area contributed by atoms with Crippen LogP contribution in [-0.2, 0) is 11.3 Å². The Morgan fingerprint density at radius 2 is 2.28 bits per heavy atom. The monoisotopic (exact) mass is 248 g/mol. The first-order valence-corrected chi connectivity index (χ1v) is 6.34. The van der Waals surface area contributed by atoms with Crippen LogP contribution in [0.2, 0.25) is 0 Å². The van der Waals surface area contributed by atoms with Crippen LogP contribution in [-0.4, -0.2) is 25.6 Å². The van der Waals surface area contributed by atoms with Gasteiger partial charge >= 0.3 is 0 Å². The number of hydrogen-bond donors (Lipinski definition) is 2. The number of carbonyl (C=O) groups excluding carboxylic acids is 1. The predicted molar refractivity (Wildman–Crippen MR) is 70.2 cm³/mol. The summed E-state index contributed by atoms with van der Waals surface area (Å²) in [5.41, 5.74) is 6.78. The van der Waals surface area contributed by atoms with Crippen LogP contribution < -0.4 is 11.1 Å². The number of nitrogens with two attached hydrogens (primary N) is 1. The molecule has 4 nitrogen and oxygen atoms in total. The lowest BCUT2D eigenvalue weighted by atomic mass is 9.82. The average molecular weight is 248 g/mol. The molecule has 0 aliphatic heterocycles. The van der Waals surface area contributed by atoms with Crippen molar-refractivity contribution in [1.82, 2.24) is 5.32 Å². The van der Waals surface area contributed by atoms with E-state index in [1.165, 1.54) is 0 Å². The summed E-state index contributed by atoms with van der Waals surface area (Å²) in [4.78, 5) is 11.0. The van der Waals surface area contributed by atoms with E-state index >= 15 is 0 Å². The molecule has 18 heavy (non-hydrogen) atoms. The van der Waals surface area contributed by atoms with E-state index in [4.69, 9.17) is 10.5 Å². The van der Waals surface area contributed by atoms with Gasteiger partial charge in [0.1, 0.15) is 0 Å². The van der Waals surface area contributed by atoms with Gasteiger partial charge in [0.2, 0.25) is 5.91 Å². The number of carbonyl (C=O) groups is 1. The van der Waals surface area contributed by atoms with Crippen molar-refractivity contribution in [2.75, 3.05) is 13.6 Å². The van der Waals surface area contributed by atoms with Crippen LogP contribution in [0.3, 0.4) is 0 Å². The Kier molecular flexibility index (Phi) is 4.33. The van der Waals surface area contributed by atoms with Crippen molar-refractivity contribution in [3.63, 3.8) is 0 Å². The molecule has 0 aromatic heterocycles. The Hall–Kier alpha value is -1.39. The van der Waals surface area contributed by atoms with E-state index in [1.807, 2.05) is 19.2 Å². The number of hydrogen-bond acceptors (Lipinski definition) is 3.